The Labute approximate surface area is 123 Å². The average molecular weight is 360 g/mol. The summed E-state index contributed by atoms with van der Waals surface area (Å²) in [4.78, 5) is 11.8. The third-order valence-corrected chi connectivity index (χ3v) is 3.84. The number of halogens is 1. The van der Waals surface area contributed by atoms with Gasteiger partial charge in [0.15, 0.2) is 0 Å². The normalized spacial score (nSPS) is 10.7. The molecule has 0 unspecified atom stereocenters. The van der Waals surface area contributed by atoms with Crippen LogP contribution in [0.4, 0.5) is 5.69 Å². The lowest BCUT2D eigenvalue weighted by atomic mass is 10.2. The van der Waals surface area contributed by atoms with Crippen LogP contribution in [0.15, 0.2) is 18.2 Å². The lowest BCUT2D eigenvalue weighted by molar-refractivity contribution is -0.116. The maximum absolute atomic E-state index is 11.8. The molecule has 100 valence electrons. The van der Waals surface area contributed by atoms with Gasteiger partial charge in [0.05, 0.1) is 0 Å². The third kappa shape index (κ3) is 5.35. The lowest BCUT2D eigenvalue weighted by Crippen LogP contribution is -2.24. The van der Waals surface area contributed by atoms with Gasteiger partial charge in [0.1, 0.15) is 0 Å². The molecule has 0 aliphatic heterocycles. The fourth-order valence-corrected chi connectivity index (χ4v) is 2.09. The molecule has 1 amide bonds. The SMILES string of the molecule is Cc1c(I)cccc1NC(=O)CCCNC(C)C. The van der Waals surface area contributed by atoms with Crippen LogP contribution in [0.1, 0.15) is 32.3 Å². The summed E-state index contributed by atoms with van der Waals surface area (Å²) in [6, 6.07) is 6.43. The van der Waals surface area contributed by atoms with Crippen LogP contribution in [-0.2, 0) is 4.79 Å². The van der Waals surface area contributed by atoms with Crippen LogP contribution in [-0.4, -0.2) is 18.5 Å². The zero-order chi connectivity index (χ0) is 13.5. The highest BCUT2D eigenvalue weighted by atomic mass is 127. The Morgan fingerprint density at radius 2 is 2.11 bits per heavy atom. The number of amides is 1. The van der Waals surface area contributed by atoms with E-state index in [-0.39, 0.29) is 5.91 Å². The van der Waals surface area contributed by atoms with Crippen molar-refractivity contribution in [2.75, 3.05) is 11.9 Å². The molecule has 0 saturated heterocycles. The number of anilines is 1. The standard InChI is InChI=1S/C14H21IN2O/c1-10(2)16-9-5-8-14(18)17-13-7-4-6-12(15)11(13)3/h4,6-7,10,16H,5,8-9H2,1-3H3,(H,17,18). The second kappa shape index (κ2) is 7.74. The molecule has 1 rings (SSSR count). The van der Waals surface area contributed by atoms with Crippen molar-refractivity contribution in [1.29, 1.82) is 0 Å². The van der Waals surface area contributed by atoms with Crippen molar-refractivity contribution in [2.45, 2.75) is 39.7 Å². The fraction of sp³-hybridized carbons (Fsp3) is 0.500. The molecule has 0 aliphatic rings. The molecule has 0 bridgehead atoms. The topological polar surface area (TPSA) is 41.1 Å². The van der Waals surface area contributed by atoms with E-state index >= 15 is 0 Å². The number of hydrogen-bond donors (Lipinski definition) is 2. The second-order valence-electron chi connectivity index (χ2n) is 4.67. The van der Waals surface area contributed by atoms with Gasteiger partial charge < -0.3 is 10.6 Å². The van der Waals surface area contributed by atoms with Crippen LogP contribution in [0.2, 0.25) is 0 Å². The van der Waals surface area contributed by atoms with Gasteiger partial charge in [-0.3, -0.25) is 4.79 Å². The Bertz CT molecular complexity index is 405. The number of rotatable bonds is 6. The maximum atomic E-state index is 11.8. The first-order chi connectivity index (χ1) is 8.50. The van der Waals surface area contributed by atoms with Crippen molar-refractivity contribution >= 4 is 34.2 Å². The highest BCUT2D eigenvalue weighted by molar-refractivity contribution is 14.1. The summed E-state index contributed by atoms with van der Waals surface area (Å²) in [7, 11) is 0. The van der Waals surface area contributed by atoms with E-state index in [1.807, 2.05) is 25.1 Å². The minimum absolute atomic E-state index is 0.0886. The number of benzene rings is 1. The van der Waals surface area contributed by atoms with Gasteiger partial charge in [0.25, 0.3) is 0 Å². The highest BCUT2D eigenvalue weighted by Crippen LogP contribution is 2.20. The Morgan fingerprint density at radius 1 is 1.39 bits per heavy atom. The van der Waals surface area contributed by atoms with Crippen molar-refractivity contribution in [3.63, 3.8) is 0 Å². The number of nitrogens with one attached hydrogen (secondary N) is 2. The van der Waals surface area contributed by atoms with Gasteiger partial charge in [0, 0.05) is 21.7 Å². The van der Waals surface area contributed by atoms with Gasteiger partial charge in [-0.2, -0.15) is 0 Å². The molecule has 0 saturated carbocycles. The van der Waals surface area contributed by atoms with E-state index < -0.39 is 0 Å². The molecule has 0 aliphatic carbocycles. The number of carbonyl (C=O) groups excluding carboxylic acids is 1. The van der Waals surface area contributed by atoms with Crippen molar-refractivity contribution in [2.24, 2.45) is 0 Å². The second-order valence-corrected chi connectivity index (χ2v) is 5.84. The minimum Gasteiger partial charge on any atom is -0.326 e. The van der Waals surface area contributed by atoms with Gasteiger partial charge in [-0.05, 0) is 60.2 Å². The molecule has 0 aromatic heterocycles. The summed E-state index contributed by atoms with van der Waals surface area (Å²) >= 11 is 2.28. The summed E-state index contributed by atoms with van der Waals surface area (Å²) in [5.74, 6) is 0.0886. The van der Waals surface area contributed by atoms with Crippen LogP contribution in [0.3, 0.4) is 0 Å². The van der Waals surface area contributed by atoms with Crippen molar-refractivity contribution < 1.29 is 4.79 Å². The fourth-order valence-electron chi connectivity index (χ4n) is 1.60. The van der Waals surface area contributed by atoms with Gasteiger partial charge in [-0.15, -0.1) is 0 Å². The third-order valence-electron chi connectivity index (χ3n) is 2.67. The molecular weight excluding hydrogens is 339 g/mol. The number of carbonyl (C=O) groups is 1. The average Bonchev–Trinajstić information content (AvgIpc) is 2.30. The minimum atomic E-state index is 0.0886. The van der Waals surface area contributed by atoms with Gasteiger partial charge in [-0.1, -0.05) is 19.9 Å². The first kappa shape index (κ1) is 15.4. The molecule has 4 heteroatoms. The summed E-state index contributed by atoms with van der Waals surface area (Å²) in [6.45, 7) is 7.12. The van der Waals surface area contributed by atoms with Crippen LogP contribution >= 0.6 is 22.6 Å². The van der Waals surface area contributed by atoms with E-state index in [1.54, 1.807) is 0 Å². The quantitative estimate of drug-likeness (QED) is 0.604. The first-order valence-corrected chi connectivity index (χ1v) is 7.37. The Balaban J connectivity index is 2.38. The van der Waals surface area contributed by atoms with E-state index in [0.717, 1.165) is 24.2 Å². The highest BCUT2D eigenvalue weighted by Gasteiger charge is 2.06. The molecule has 2 N–H and O–H groups in total. The summed E-state index contributed by atoms with van der Waals surface area (Å²) in [6.07, 6.45) is 1.43. The van der Waals surface area contributed by atoms with Crippen LogP contribution in [0.5, 0.6) is 0 Å². The summed E-state index contributed by atoms with van der Waals surface area (Å²) in [5.41, 5.74) is 2.05. The monoisotopic (exact) mass is 360 g/mol. The Hall–Kier alpha value is -0.620. The van der Waals surface area contributed by atoms with E-state index in [4.69, 9.17) is 0 Å². The van der Waals surface area contributed by atoms with Gasteiger partial charge >= 0.3 is 0 Å². The molecule has 0 atom stereocenters. The predicted molar refractivity (Wildman–Crippen MR) is 84.9 cm³/mol. The van der Waals surface area contributed by atoms with Crippen molar-refractivity contribution in [3.8, 4) is 0 Å². The molecule has 0 heterocycles. The van der Waals surface area contributed by atoms with Crippen molar-refractivity contribution in [1.82, 2.24) is 5.32 Å². The van der Waals surface area contributed by atoms with E-state index in [1.165, 1.54) is 3.57 Å². The van der Waals surface area contributed by atoms with Crippen LogP contribution in [0, 0.1) is 10.5 Å². The van der Waals surface area contributed by atoms with E-state index in [9.17, 15) is 4.79 Å². The molecule has 1 aromatic rings. The summed E-state index contributed by atoms with van der Waals surface area (Å²) < 4.78 is 1.17. The Morgan fingerprint density at radius 3 is 2.78 bits per heavy atom. The Kier molecular flexibility index (Phi) is 6.63. The predicted octanol–water partition coefficient (Wildman–Crippen LogP) is 3.32. The maximum Gasteiger partial charge on any atom is 0.224 e. The zero-order valence-electron chi connectivity index (χ0n) is 11.2. The smallest absolute Gasteiger partial charge is 0.224 e. The number of hydrogen-bond acceptors (Lipinski definition) is 2. The molecule has 0 spiro atoms. The zero-order valence-corrected chi connectivity index (χ0v) is 13.4. The van der Waals surface area contributed by atoms with Crippen LogP contribution < -0.4 is 10.6 Å². The first-order valence-electron chi connectivity index (χ1n) is 6.29. The van der Waals surface area contributed by atoms with Gasteiger partial charge in [-0.25, -0.2) is 0 Å². The molecule has 0 fully saturated rings. The van der Waals surface area contributed by atoms with E-state index in [2.05, 4.69) is 47.1 Å². The molecule has 18 heavy (non-hydrogen) atoms. The molecular formula is C14H21IN2O. The van der Waals surface area contributed by atoms with Crippen LogP contribution in [0.25, 0.3) is 0 Å². The van der Waals surface area contributed by atoms with Crippen molar-refractivity contribution in [3.05, 3.63) is 27.3 Å². The molecule has 3 nitrogen and oxygen atoms in total. The lowest BCUT2D eigenvalue weighted by Gasteiger charge is -2.10. The largest absolute Gasteiger partial charge is 0.326 e. The van der Waals surface area contributed by atoms with E-state index in [0.29, 0.717) is 12.5 Å². The summed E-state index contributed by atoms with van der Waals surface area (Å²) in [5, 5.41) is 6.27. The van der Waals surface area contributed by atoms with Gasteiger partial charge in [0.2, 0.25) is 5.91 Å². The molecule has 0 radical (unpaired) electrons. The molecule has 1 aromatic carbocycles.